The van der Waals surface area contributed by atoms with E-state index in [0.29, 0.717) is 29.7 Å². The Morgan fingerprint density at radius 2 is 1.57 bits per heavy atom. The van der Waals surface area contributed by atoms with E-state index in [1.165, 1.54) is 6.92 Å². The number of H-pyrrole nitrogens is 1. The number of aromatic amines is 1. The third-order valence-electron chi connectivity index (χ3n) is 13.1. The third-order valence-corrected chi connectivity index (χ3v) is 14.5. The number of carbonyl (C=O) groups excluding carboxylic acids is 9. The van der Waals surface area contributed by atoms with Gasteiger partial charge >= 0.3 is 0 Å². The maximum absolute atomic E-state index is 14.9. The molecule has 23 nitrogen and oxygen atoms in total. The number of primary amides is 1. The van der Waals surface area contributed by atoms with Crippen molar-refractivity contribution in [2.45, 2.75) is 134 Å². The second-order valence-corrected chi connectivity index (χ2v) is 20.6. The van der Waals surface area contributed by atoms with Crippen molar-refractivity contribution >= 4 is 74.9 Å². The first-order valence-corrected chi connectivity index (χ1v) is 25.0. The summed E-state index contributed by atoms with van der Waals surface area (Å²) < 4.78 is 21.1. The number of hydrogen-bond acceptors (Lipinski definition) is 13. The van der Waals surface area contributed by atoms with Crippen molar-refractivity contribution in [2.24, 2.45) is 23.0 Å². The molecule has 70 heavy (non-hydrogen) atoms. The largest absolute Gasteiger partial charge is 0.493 e. The Kier molecular flexibility index (Phi) is 18.9. The van der Waals surface area contributed by atoms with Crippen LogP contribution < -0.4 is 47.7 Å². The molecule has 0 spiro atoms. The van der Waals surface area contributed by atoms with E-state index in [2.05, 4.69) is 63.0 Å². The molecule has 0 saturated carbocycles. The summed E-state index contributed by atoms with van der Waals surface area (Å²) in [6.45, 7) is 9.00. The molecule has 1 unspecified atom stereocenters. The number of aliphatic hydroxyl groups excluding tert-OH is 2. The zero-order valence-electron chi connectivity index (χ0n) is 40.4. The van der Waals surface area contributed by atoms with Gasteiger partial charge in [-0.2, -0.15) is 0 Å². The minimum absolute atomic E-state index is 0.0442. The van der Waals surface area contributed by atoms with Crippen molar-refractivity contribution in [2.75, 3.05) is 38.6 Å². The van der Waals surface area contributed by atoms with Crippen LogP contribution in [-0.4, -0.2) is 158 Å². The SMILES string of the molecule is CCCC(C)(C)COc1ccc2c3c([nH]c2c1)S(=O)C[C@@H]1NC(=O)CNC(=O)[C@H]([C@@H](C)CC)NC(=O)CNC(=O)[C@H](C3)NC(=O)[C@H]([C@@H](C)[C@@H](O)CO)NC(=O)[C@@H]2CCCN2C(=O)[C@H](CC(N)=O)NC1=O. The normalized spacial score (nSPS) is 26.2. The molecule has 9 amide bonds. The van der Waals surface area contributed by atoms with Crippen LogP contribution in [0.4, 0.5) is 0 Å². The van der Waals surface area contributed by atoms with Crippen molar-refractivity contribution in [1.29, 1.82) is 0 Å². The van der Waals surface area contributed by atoms with E-state index < -0.39 is 156 Å². The van der Waals surface area contributed by atoms with Gasteiger partial charge in [0.25, 0.3) is 0 Å². The number of nitrogens with one attached hydrogen (secondary N) is 8. The molecule has 12 N–H and O–H groups in total. The van der Waals surface area contributed by atoms with Gasteiger partial charge in [0.15, 0.2) is 0 Å². The van der Waals surface area contributed by atoms with Crippen molar-refractivity contribution in [3.8, 4) is 5.75 Å². The summed E-state index contributed by atoms with van der Waals surface area (Å²) in [7, 11) is -2.32. The van der Waals surface area contributed by atoms with Crippen molar-refractivity contribution in [3.05, 3.63) is 23.8 Å². The molecule has 0 aliphatic carbocycles. The van der Waals surface area contributed by atoms with Crippen LogP contribution >= 0.6 is 0 Å². The first-order chi connectivity index (χ1) is 33.1. The van der Waals surface area contributed by atoms with Crippen LogP contribution in [0.2, 0.25) is 0 Å². The molecule has 2 aromatic rings. The lowest BCUT2D eigenvalue weighted by Crippen LogP contribution is -2.62. The Morgan fingerprint density at radius 1 is 0.886 bits per heavy atom. The standard InChI is InChI=1S/C46H68N10O13S/c1-7-13-46(5,6)22-69-25-11-12-26-27-16-29-39(62)48-19-36(61)54-37(23(3)8-2)42(65)49-18-35(60)50-31(21-70(68)44(27)53-28(26)15-25)40(63)52-30(17-34(47)59)45(67)56-14-9-10-32(56)41(64)55-38(43(66)51-29)24(4)33(58)20-57/h11-12,15,23-24,29-33,37-38,53,57-58H,7-10,13-14,16-22H2,1-6H3,(H2,47,59)(H,48,62)(H,49,65)(H,50,60)(H,51,66)(H,52,63)(H,54,61)(H,55,64)/t23-,24-,29-,30-,31-,32-,33-,37-,38-,70?/m0/s1. The number of ether oxygens (including phenoxy) is 1. The van der Waals surface area contributed by atoms with Gasteiger partial charge in [-0.15, -0.1) is 0 Å². The van der Waals surface area contributed by atoms with E-state index in [1.54, 1.807) is 32.0 Å². The van der Waals surface area contributed by atoms with Crippen LogP contribution in [0.15, 0.2) is 23.2 Å². The number of benzene rings is 1. The predicted octanol–water partition coefficient (Wildman–Crippen LogP) is -2.39. The van der Waals surface area contributed by atoms with E-state index in [4.69, 9.17) is 10.5 Å². The zero-order chi connectivity index (χ0) is 51.6. The lowest BCUT2D eigenvalue weighted by Gasteiger charge is -2.33. The Hall–Kier alpha value is -6.14. The Balaban J connectivity index is 1.74. The van der Waals surface area contributed by atoms with E-state index in [1.807, 2.05) is 0 Å². The van der Waals surface area contributed by atoms with Gasteiger partial charge in [0.1, 0.15) is 47.0 Å². The molecule has 24 heteroatoms. The van der Waals surface area contributed by atoms with Gasteiger partial charge in [-0.1, -0.05) is 54.4 Å². The maximum Gasteiger partial charge on any atom is 0.246 e. The quantitative estimate of drug-likeness (QED) is 0.106. The number of hydrogen-bond donors (Lipinski definition) is 11. The summed E-state index contributed by atoms with van der Waals surface area (Å²) >= 11 is 0. The van der Waals surface area contributed by atoms with Crippen LogP contribution in [0, 0.1) is 17.3 Å². The summed E-state index contributed by atoms with van der Waals surface area (Å²) in [6.07, 6.45) is -0.308. The minimum Gasteiger partial charge on any atom is -0.493 e. The number of carbonyl (C=O) groups is 9. The molecule has 1 aromatic carbocycles. The fourth-order valence-electron chi connectivity index (χ4n) is 8.81. The van der Waals surface area contributed by atoms with Crippen LogP contribution in [0.3, 0.4) is 0 Å². The smallest absolute Gasteiger partial charge is 0.246 e. The Labute approximate surface area is 408 Å². The van der Waals surface area contributed by atoms with Gasteiger partial charge < -0.3 is 67.8 Å². The average Bonchev–Trinajstić information content (AvgIpc) is 3.95. The van der Waals surface area contributed by atoms with Crippen molar-refractivity contribution in [3.63, 3.8) is 0 Å². The molecule has 4 heterocycles. The summed E-state index contributed by atoms with van der Waals surface area (Å²) in [5.74, 6) is -10.4. The molecular weight excluding hydrogens is 933 g/mol. The first-order valence-electron chi connectivity index (χ1n) is 23.7. The zero-order valence-corrected chi connectivity index (χ0v) is 41.3. The van der Waals surface area contributed by atoms with E-state index >= 15 is 0 Å². The van der Waals surface area contributed by atoms with Crippen molar-refractivity contribution in [1.82, 2.24) is 47.1 Å². The molecule has 10 atom stereocenters. The van der Waals surface area contributed by atoms with Gasteiger partial charge in [-0.25, -0.2) is 0 Å². The monoisotopic (exact) mass is 1000 g/mol. The second-order valence-electron chi connectivity index (χ2n) is 19.1. The molecule has 1 saturated heterocycles. The molecule has 2 bridgehead atoms. The number of rotatable bonds is 12. The predicted molar refractivity (Wildman–Crippen MR) is 253 cm³/mol. The Bertz CT molecular complexity index is 2340. The van der Waals surface area contributed by atoms with Crippen LogP contribution in [-0.2, 0) is 60.4 Å². The molecule has 3 aliphatic heterocycles. The summed E-state index contributed by atoms with van der Waals surface area (Å²) in [5.41, 5.74) is 5.91. The number of nitrogens with two attached hydrogens (primary N) is 1. The molecule has 5 rings (SSSR count). The van der Waals surface area contributed by atoms with Crippen LogP contribution in [0.1, 0.15) is 85.6 Å². The first kappa shape index (κ1) is 54.8. The van der Waals surface area contributed by atoms with Gasteiger partial charge in [-0.05, 0) is 48.3 Å². The third kappa shape index (κ3) is 13.8. The number of aromatic nitrogens is 1. The van der Waals surface area contributed by atoms with Crippen molar-refractivity contribution < 1.29 is 62.3 Å². The van der Waals surface area contributed by atoms with E-state index in [0.717, 1.165) is 17.7 Å². The molecule has 1 fully saturated rings. The number of amides is 9. The molecule has 0 radical (unpaired) electrons. The number of nitrogens with zero attached hydrogens (tertiary/aromatic N) is 1. The second kappa shape index (κ2) is 24.1. The fraction of sp³-hybridized carbons (Fsp3) is 0.630. The van der Waals surface area contributed by atoms with Gasteiger partial charge in [0.05, 0.1) is 60.9 Å². The minimum atomic E-state index is -2.32. The number of aliphatic hydroxyl groups is 2. The van der Waals surface area contributed by atoms with Crippen LogP contribution in [0.25, 0.3) is 10.9 Å². The van der Waals surface area contributed by atoms with Gasteiger partial charge in [0.2, 0.25) is 53.2 Å². The maximum atomic E-state index is 14.9. The lowest BCUT2D eigenvalue weighted by molar-refractivity contribution is -0.144. The molecular formula is C46H68N10O13S. The molecule has 3 aliphatic rings. The highest BCUT2D eigenvalue weighted by molar-refractivity contribution is 7.85. The fourth-order valence-corrected chi connectivity index (χ4v) is 10.2. The molecule has 386 valence electrons. The van der Waals surface area contributed by atoms with Crippen LogP contribution in [0.5, 0.6) is 5.75 Å². The number of fused-ring (bicyclic) bond motifs is 5. The average molecular weight is 1000 g/mol. The van der Waals surface area contributed by atoms with E-state index in [9.17, 15) is 57.6 Å². The van der Waals surface area contributed by atoms with E-state index in [-0.39, 0.29) is 35.4 Å². The Morgan fingerprint density at radius 3 is 2.23 bits per heavy atom. The molecule has 1 aromatic heterocycles. The summed E-state index contributed by atoms with van der Waals surface area (Å²) in [5, 5.41) is 38.8. The lowest BCUT2D eigenvalue weighted by atomic mass is 9.89. The van der Waals surface area contributed by atoms with Gasteiger partial charge in [0, 0.05) is 30.3 Å². The highest BCUT2D eigenvalue weighted by Crippen LogP contribution is 2.32. The topological polar surface area (TPSA) is 350 Å². The highest BCUT2D eigenvalue weighted by atomic mass is 32.2. The van der Waals surface area contributed by atoms with Gasteiger partial charge in [-0.3, -0.25) is 47.4 Å². The highest BCUT2D eigenvalue weighted by Gasteiger charge is 2.43. The summed E-state index contributed by atoms with van der Waals surface area (Å²) in [6, 6.07) is -4.33. The summed E-state index contributed by atoms with van der Waals surface area (Å²) in [4.78, 5) is 129.